The van der Waals surface area contributed by atoms with Crippen molar-refractivity contribution in [2.75, 3.05) is 0 Å². The fourth-order valence-electron chi connectivity index (χ4n) is 5.03. The molecule has 1 aliphatic carbocycles. The maximum absolute atomic E-state index is 13.2. The quantitative estimate of drug-likeness (QED) is 0.407. The Hall–Kier alpha value is -3.52. The monoisotopic (exact) mass is 487 g/mol. The summed E-state index contributed by atoms with van der Waals surface area (Å²) in [5.41, 5.74) is 12.8. The molecule has 3 N–H and O–H groups in total. The van der Waals surface area contributed by atoms with Gasteiger partial charge in [-0.3, -0.25) is 9.59 Å². The third-order valence-electron chi connectivity index (χ3n) is 6.92. The predicted molar refractivity (Wildman–Crippen MR) is 137 cm³/mol. The summed E-state index contributed by atoms with van der Waals surface area (Å²) in [6, 6.07) is 10.6. The summed E-state index contributed by atoms with van der Waals surface area (Å²) in [6.45, 7) is 3.81. The van der Waals surface area contributed by atoms with Gasteiger partial charge in [-0.15, -0.1) is 11.3 Å². The van der Waals surface area contributed by atoms with E-state index >= 15 is 0 Å². The molecule has 0 fully saturated rings. The van der Waals surface area contributed by atoms with E-state index in [1.807, 2.05) is 25.3 Å². The van der Waals surface area contributed by atoms with E-state index in [2.05, 4.69) is 39.7 Å². The van der Waals surface area contributed by atoms with E-state index in [1.165, 1.54) is 30.2 Å². The van der Waals surface area contributed by atoms with Gasteiger partial charge in [-0.25, -0.2) is 9.50 Å². The maximum atomic E-state index is 13.2. The number of carbonyl (C=O) groups is 2. The van der Waals surface area contributed by atoms with E-state index in [0.717, 1.165) is 40.2 Å². The number of primary amides is 1. The highest BCUT2D eigenvalue weighted by Gasteiger charge is 2.21. The second-order valence-electron chi connectivity index (χ2n) is 9.17. The number of aromatic nitrogens is 3. The molecule has 0 saturated heterocycles. The molecule has 3 aromatic heterocycles. The van der Waals surface area contributed by atoms with Crippen LogP contribution in [0.15, 0.2) is 41.9 Å². The molecule has 0 radical (unpaired) electrons. The van der Waals surface area contributed by atoms with E-state index in [1.54, 1.807) is 15.9 Å². The molecule has 8 heteroatoms. The number of fused-ring (bicyclic) bond motifs is 2. The average molecular weight is 488 g/mol. The minimum Gasteiger partial charge on any atom is -0.365 e. The molecule has 1 aromatic carbocycles. The molecule has 1 aliphatic rings. The summed E-state index contributed by atoms with van der Waals surface area (Å²) < 4.78 is 1.63. The molecule has 0 bridgehead atoms. The molecule has 0 spiro atoms. The fraction of sp³-hybridized carbons (Fsp3) is 0.333. The van der Waals surface area contributed by atoms with Gasteiger partial charge in [0.1, 0.15) is 5.56 Å². The number of amides is 2. The number of hydrogen-bond acceptors (Lipinski definition) is 5. The number of carbonyl (C=O) groups excluding carboxylic acids is 2. The number of nitrogens with two attached hydrogens (primary N) is 1. The lowest BCUT2D eigenvalue weighted by atomic mass is 9.89. The van der Waals surface area contributed by atoms with Crippen molar-refractivity contribution < 1.29 is 9.59 Å². The van der Waals surface area contributed by atoms with Gasteiger partial charge in [-0.1, -0.05) is 24.3 Å². The molecule has 1 atom stereocenters. The van der Waals surface area contributed by atoms with Crippen molar-refractivity contribution in [2.45, 2.75) is 58.4 Å². The summed E-state index contributed by atoms with van der Waals surface area (Å²) in [5.74, 6) is -0.571. The molecular weight excluding hydrogens is 458 g/mol. The van der Waals surface area contributed by atoms with Gasteiger partial charge in [-0.05, 0) is 79.7 Å². The zero-order chi connectivity index (χ0) is 24.5. The zero-order valence-corrected chi connectivity index (χ0v) is 20.8. The molecule has 3 heterocycles. The average Bonchev–Trinajstić information content (AvgIpc) is 3.52. The number of rotatable bonds is 7. The van der Waals surface area contributed by atoms with Gasteiger partial charge in [0.2, 0.25) is 5.91 Å². The van der Waals surface area contributed by atoms with Crippen molar-refractivity contribution in [1.29, 1.82) is 0 Å². The molecule has 4 aromatic rings. The van der Waals surface area contributed by atoms with Gasteiger partial charge in [0, 0.05) is 22.7 Å². The lowest BCUT2D eigenvalue weighted by Gasteiger charge is -2.22. The Morgan fingerprint density at radius 3 is 2.71 bits per heavy atom. The van der Waals surface area contributed by atoms with Gasteiger partial charge >= 0.3 is 0 Å². The van der Waals surface area contributed by atoms with Crippen LogP contribution in [0.25, 0.3) is 5.65 Å². The van der Waals surface area contributed by atoms with E-state index in [-0.39, 0.29) is 11.9 Å². The van der Waals surface area contributed by atoms with Gasteiger partial charge < -0.3 is 11.1 Å². The van der Waals surface area contributed by atoms with E-state index in [0.29, 0.717) is 24.1 Å². The number of nitrogens with one attached hydrogen (secondary N) is 1. The summed E-state index contributed by atoms with van der Waals surface area (Å²) in [4.78, 5) is 30.5. The Morgan fingerprint density at radius 2 is 1.97 bits per heavy atom. The molecular formula is C27H29N5O2S. The second-order valence-corrected chi connectivity index (χ2v) is 10.1. The Bertz CT molecular complexity index is 1410. The van der Waals surface area contributed by atoms with E-state index < -0.39 is 5.91 Å². The van der Waals surface area contributed by atoms with Crippen LogP contribution in [0.2, 0.25) is 0 Å². The van der Waals surface area contributed by atoms with Crippen LogP contribution in [0.3, 0.4) is 0 Å². The minimum absolute atomic E-state index is 0.0155. The van der Waals surface area contributed by atoms with Crippen molar-refractivity contribution in [2.24, 2.45) is 5.73 Å². The van der Waals surface area contributed by atoms with Gasteiger partial charge in [0.25, 0.3) is 5.91 Å². The molecule has 180 valence electrons. The Balaban J connectivity index is 1.36. The summed E-state index contributed by atoms with van der Waals surface area (Å²) in [6.07, 6.45) is 7.01. The lowest BCUT2D eigenvalue weighted by Crippen LogP contribution is -2.29. The third kappa shape index (κ3) is 4.58. The van der Waals surface area contributed by atoms with Crippen molar-refractivity contribution in [3.63, 3.8) is 0 Å². The Morgan fingerprint density at radius 1 is 1.17 bits per heavy atom. The second kappa shape index (κ2) is 9.62. The first-order valence-corrected chi connectivity index (χ1v) is 12.9. The lowest BCUT2D eigenvalue weighted by molar-refractivity contribution is -0.121. The normalized spacial score (nSPS) is 14.0. The first kappa shape index (κ1) is 23.2. The summed E-state index contributed by atoms with van der Waals surface area (Å²) in [5, 5.41) is 9.60. The van der Waals surface area contributed by atoms with Gasteiger partial charge in [-0.2, -0.15) is 5.10 Å². The first-order valence-electron chi connectivity index (χ1n) is 12.0. The first-order chi connectivity index (χ1) is 16.9. The predicted octanol–water partition coefficient (Wildman–Crippen LogP) is 4.22. The molecule has 7 nitrogen and oxygen atoms in total. The molecule has 0 aliphatic heterocycles. The van der Waals surface area contributed by atoms with Gasteiger partial charge in [0.05, 0.1) is 12.2 Å². The van der Waals surface area contributed by atoms with E-state index in [4.69, 9.17) is 5.73 Å². The van der Waals surface area contributed by atoms with Crippen LogP contribution in [0, 0.1) is 13.8 Å². The highest BCUT2D eigenvalue weighted by molar-refractivity contribution is 7.10. The smallest absolute Gasteiger partial charge is 0.254 e. The topological polar surface area (TPSA) is 102 Å². The summed E-state index contributed by atoms with van der Waals surface area (Å²) in [7, 11) is 0. The number of hydrogen-bond donors (Lipinski definition) is 2. The van der Waals surface area contributed by atoms with Crippen LogP contribution in [0.1, 0.15) is 74.2 Å². The molecule has 1 unspecified atom stereocenters. The molecule has 35 heavy (non-hydrogen) atoms. The number of thiophene rings is 1. The van der Waals surface area contributed by atoms with Crippen LogP contribution < -0.4 is 11.1 Å². The van der Waals surface area contributed by atoms with Crippen molar-refractivity contribution in [3.8, 4) is 0 Å². The van der Waals surface area contributed by atoms with Crippen LogP contribution >= 0.6 is 11.3 Å². The molecule has 0 saturated carbocycles. The Kier molecular flexibility index (Phi) is 6.38. The summed E-state index contributed by atoms with van der Waals surface area (Å²) >= 11 is 1.66. The maximum Gasteiger partial charge on any atom is 0.254 e. The highest BCUT2D eigenvalue weighted by atomic mass is 32.1. The third-order valence-corrected chi connectivity index (χ3v) is 7.85. The highest BCUT2D eigenvalue weighted by Crippen LogP contribution is 2.30. The standard InChI is InChI=1S/C27H29N5O2S/c1-16-21(17(2)32-27(30-16)22(15-29-32)26(28)34)11-12-24(33)31-25(23-8-5-13-35-23)20-10-9-18-6-3-4-7-19(18)14-20/h5,8-10,13-15,25H,3-4,6-7,11-12H2,1-2H3,(H2,28,34)(H,31,33). The van der Waals surface area contributed by atoms with Gasteiger partial charge in [0.15, 0.2) is 5.65 Å². The number of aryl methyl sites for hydroxylation is 4. The van der Waals surface area contributed by atoms with Crippen molar-refractivity contribution in [3.05, 3.63) is 86.0 Å². The fourth-order valence-corrected chi connectivity index (χ4v) is 5.83. The number of benzene rings is 1. The van der Waals surface area contributed by atoms with E-state index in [9.17, 15) is 9.59 Å². The number of nitrogens with zero attached hydrogens (tertiary/aromatic N) is 3. The molecule has 2 amide bonds. The van der Waals surface area contributed by atoms with Crippen LogP contribution in [0.4, 0.5) is 0 Å². The van der Waals surface area contributed by atoms with Crippen LogP contribution in [0.5, 0.6) is 0 Å². The Labute approximate surface area is 208 Å². The molecule has 5 rings (SSSR count). The SMILES string of the molecule is Cc1nc2c(C(N)=O)cnn2c(C)c1CCC(=O)NC(c1ccc2c(c1)CCCC2)c1cccs1. The zero-order valence-electron chi connectivity index (χ0n) is 20.0. The van der Waals surface area contributed by atoms with Crippen molar-refractivity contribution >= 4 is 28.8 Å². The van der Waals surface area contributed by atoms with Crippen LogP contribution in [-0.2, 0) is 24.1 Å². The minimum atomic E-state index is -0.555. The largest absolute Gasteiger partial charge is 0.365 e. The van der Waals surface area contributed by atoms with Crippen LogP contribution in [-0.4, -0.2) is 26.4 Å². The van der Waals surface area contributed by atoms with Crippen molar-refractivity contribution in [1.82, 2.24) is 19.9 Å².